The lowest BCUT2D eigenvalue weighted by atomic mass is 9.88. The summed E-state index contributed by atoms with van der Waals surface area (Å²) in [5.74, 6) is -0.373. The second kappa shape index (κ2) is 11.6. The predicted molar refractivity (Wildman–Crippen MR) is 99.0 cm³/mol. The highest BCUT2D eigenvalue weighted by Gasteiger charge is 2.31. The monoisotopic (exact) mass is 356 g/mol. The first kappa shape index (κ1) is 22.0. The first-order valence-electron chi connectivity index (χ1n) is 9.97. The van der Waals surface area contributed by atoms with Gasteiger partial charge in [0.25, 0.3) is 6.04 Å². The van der Waals surface area contributed by atoms with Gasteiger partial charge in [-0.25, -0.2) is 0 Å². The maximum Gasteiger partial charge on any atom is 0.269 e. The molecule has 2 aliphatic carbocycles. The van der Waals surface area contributed by atoms with Crippen LogP contribution in [0.15, 0.2) is 0 Å². The summed E-state index contributed by atoms with van der Waals surface area (Å²) in [7, 11) is 0. The third kappa shape index (κ3) is 7.40. The molecule has 2 aliphatic rings. The van der Waals surface area contributed by atoms with E-state index in [0.717, 1.165) is 0 Å². The second-order valence-electron chi connectivity index (χ2n) is 7.48. The molecule has 0 radical (unpaired) electrons. The number of carbonyl (C=O) groups is 1. The Balaban J connectivity index is 0.000000299. The molecule has 1 N–H and O–H groups in total. The molecular weight excluding hydrogens is 320 g/mol. The molecule has 2 saturated carbocycles. The van der Waals surface area contributed by atoms with E-state index in [-0.39, 0.29) is 18.4 Å². The maximum absolute atomic E-state index is 10.4. The van der Waals surface area contributed by atoms with Gasteiger partial charge in [-0.15, -0.1) is 0 Å². The van der Waals surface area contributed by atoms with Crippen LogP contribution in [0, 0.1) is 10.1 Å². The molecule has 0 saturated heterocycles. The summed E-state index contributed by atoms with van der Waals surface area (Å²) in [6, 6.07) is 0.332. The van der Waals surface area contributed by atoms with E-state index in [9.17, 15) is 20.0 Å². The van der Waals surface area contributed by atoms with Crippen molar-refractivity contribution >= 4 is 5.78 Å². The van der Waals surface area contributed by atoms with Crippen LogP contribution in [0.1, 0.15) is 91.4 Å². The molecule has 6 heteroatoms. The number of aliphatic hydroxyl groups excluding tert-OH is 1. The van der Waals surface area contributed by atoms with Crippen LogP contribution >= 0.6 is 0 Å². The van der Waals surface area contributed by atoms with Gasteiger partial charge in [0.2, 0.25) is 5.78 Å². The molecule has 25 heavy (non-hydrogen) atoms. The smallest absolute Gasteiger partial charge is 0.269 e. The van der Waals surface area contributed by atoms with Crippen molar-refractivity contribution in [1.29, 1.82) is 0 Å². The summed E-state index contributed by atoms with van der Waals surface area (Å²) in [5, 5.41) is 20.0. The van der Waals surface area contributed by atoms with E-state index in [1.54, 1.807) is 6.92 Å². The Morgan fingerprint density at radius 3 is 1.68 bits per heavy atom. The minimum Gasteiger partial charge on any atom is -0.379 e. The van der Waals surface area contributed by atoms with E-state index in [1.807, 2.05) is 6.92 Å². The van der Waals surface area contributed by atoms with Gasteiger partial charge in [0.1, 0.15) is 6.23 Å². The molecule has 2 atom stereocenters. The summed E-state index contributed by atoms with van der Waals surface area (Å²) in [4.78, 5) is 22.2. The first-order chi connectivity index (χ1) is 11.9. The van der Waals surface area contributed by atoms with Crippen molar-refractivity contribution in [2.75, 3.05) is 0 Å². The largest absolute Gasteiger partial charge is 0.379 e. The van der Waals surface area contributed by atoms with Gasteiger partial charge in [-0.2, -0.15) is 0 Å². The van der Waals surface area contributed by atoms with Crippen molar-refractivity contribution in [3.05, 3.63) is 10.1 Å². The minimum atomic E-state index is -0.995. The molecule has 2 fully saturated rings. The zero-order valence-electron chi connectivity index (χ0n) is 16.2. The average Bonchev–Trinajstić information content (AvgIpc) is 2.57. The Hall–Kier alpha value is -1.01. The van der Waals surface area contributed by atoms with E-state index in [2.05, 4.69) is 4.90 Å². The van der Waals surface area contributed by atoms with Crippen LogP contribution in [0.3, 0.4) is 0 Å². The van der Waals surface area contributed by atoms with Gasteiger partial charge < -0.3 is 5.11 Å². The molecule has 6 nitrogen and oxygen atoms in total. The fourth-order valence-electron chi connectivity index (χ4n) is 4.25. The summed E-state index contributed by atoms with van der Waals surface area (Å²) in [6.45, 7) is 4.81. The molecular formula is C19H36N2O4. The molecule has 0 bridgehead atoms. The highest BCUT2D eigenvalue weighted by molar-refractivity contribution is 5.79. The van der Waals surface area contributed by atoms with Crippen LogP contribution in [0.25, 0.3) is 0 Å². The number of hydrogen-bond donors (Lipinski definition) is 1. The number of ketones is 1. The second-order valence-corrected chi connectivity index (χ2v) is 7.48. The van der Waals surface area contributed by atoms with Crippen LogP contribution in [0.2, 0.25) is 0 Å². The van der Waals surface area contributed by atoms with Gasteiger partial charge in [-0.3, -0.25) is 19.8 Å². The van der Waals surface area contributed by atoms with Crippen molar-refractivity contribution in [3.63, 3.8) is 0 Å². The third-order valence-corrected chi connectivity index (χ3v) is 5.53. The van der Waals surface area contributed by atoms with Gasteiger partial charge in [0, 0.05) is 30.4 Å². The van der Waals surface area contributed by atoms with Gasteiger partial charge >= 0.3 is 0 Å². The average molecular weight is 357 g/mol. The summed E-state index contributed by atoms with van der Waals surface area (Å²) < 4.78 is 0. The maximum atomic E-state index is 10.4. The van der Waals surface area contributed by atoms with Crippen molar-refractivity contribution in [2.45, 2.75) is 116 Å². The summed E-state index contributed by atoms with van der Waals surface area (Å²) >= 11 is 0. The van der Waals surface area contributed by atoms with Crippen LogP contribution < -0.4 is 0 Å². The van der Waals surface area contributed by atoms with Crippen LogP contribution in [-0.2, 0) is 4.79 Å². The number of nitrogens with zero attached hydrogens (tertiary/aromatic N) is 2. The van der Waals surface area contributed by atoms with E-state index in [0.29, 0.717) is 12.1 Å². The van der Waals surface area contributed by atoms with Crippen molar-refractivity contribution in [3.8, 4) is 0 Å². The van der Waals surface area contributed by atoms with Gasteiger partial charge in [-0.1, -0.05) is 45.4 Å². The molecule has 2 rings (SSSR count). The Labute approximate surface area is 152 Å². The number of rotatable bonds is 6. The molecule has 0 spiro atoms. The fraction of sp³-hybridized carbons (Fsp3) is 0.947. The molecule has 2 unspecified atom stereocenters. The predicted octanol–water partition coefficient (Wildman–Crippen LogP) is 3.92. The van der Waals surface area contributed by atoms with E-state index in [4.69, 9.17) is 0 Å². The van der Waals surface area contributed by atoms with Gasteiger partial charge in [0.15, 0.2) is 0 Å². The first-order valence-corrected chi connectivity index (χ1v) is 9.97. The summed E-state index contributed by atoms with van der Waals surface area (Å²) in [6.07, 6.45) is 13.5. The fourth-order valence-corrected chi connectivity index (χ4v) is 4.25. The van der Waals surface area contributed by atoms with Crippen LogP contribution in [0.4, 0.5) is 0 Å². The Morgan fingerprint density at radius 1 is 1.08 bits per heavy atom. The molecule has 0 aromatic rings. The normalized spacial score (nSPS) is 22.0. The Bertz CT molecular complexity index is 370. The molecule has 0 heterocycles. The zero-order valence-corrected chi connectivity index (χ0v) is 16.2. The molecule has 146 valence electrons. The van der Waals surface area contributed by atoms with Crippen molar-refractivity contribution in [1.82, 2.24) is 4.90 Å². The molecule has 0 amide bonds. The number of nitro groups is 1. The van der Waals surface area contributed by atoms with Crippen molar-refractivity contribution < 1.29 is 14.8 Å². The van der Waals surface area contributed by atoms with Crippen LogP contribution in [-0.4, -0.2) is 45.1 Å². The lowest BCUT2D eigenvalue weighted by Gasteiger charge is -2.43. The minimum absolute atomic E-state index is 0.244. The number of Topliss-reactive ketones (excluding diaryl/α,β-unsaturated/α-hetero) is 1. The number of aliphatic hydroxyl groups is 1. The quantitative estimate of drug-likeness (QED) is 0.443. The summed E-state index contributed by atoms with van der Waals surface area (Å²) in [5.41, 5.74) is 0. The van der Waals surface area contributed by atoms with Crippen molar-refractivity contribution in [2.24, 2.45) is 0 Å². The Morgan fingerprint density at radius 2 is 1.48 bits per heavy atom. The van der Waals surface area contributed by atoms with E-state index >= 15 is 0 Å². The lowest BCUT2D eigenvalue weighted by Crippen LogP contribution is -2.49. The van der Waals surface area contributed by atoms with Crippen LogP contribution in [0.5, 0.6) is 0 Å². The molecule has 0 aliphatic heterocycles. The standard InChI is InChI=1S/C14H27NO.C5H9NO3/c1-12(16)15(13-8-4-2-5-9-13)14-10-6-3-7-11-14;1-3-5(4(2)7)6(8)9/h12-14,16H,2-11H2,1H3;5H,3H2,1-2H3. The molecule has 0 aromatic heterocycles. The van der Waals surface area contributed by atoms with Gasteiger partial charge in [0.05, 0.1) is 0 Å². The molecule has 0 aromatic carbocycles. The number of hydrogen-bond acceptors (Lipinski definition) is 5. The topological polar surface area (TPSA) is 83.7 Å². The Kier molecular flexibility index (Phi) is 10.2. The van der Waals surface area contributed by atoms with E-state index < -0.39 is 11.0 Å². The highest BCUT2D eigenvalue weighted by Crippen LogP contribution is 2.31. The third-order valence-electron chi connectivity index (χ3n) is 5.53. The number of carbonyl (C=O) groups excluding carboxylic acids is 1. The lowest BCUT2D eigenvalue weighted by molar-refractivity contribution is -0.507. The van der Waals surface area contributed by atoms with E-state index in [1.165, 1.54) is 71.1 Å². The SMILES string of the molecule is CC(O)N(C1CCCCC1)C1CCCCC1.CCC(C(C)=O)[N+](=O)[O-]. The zero-order chi connectivity index (χ0) is 18.8. The highest BCUT2D eigenvalue weighted by atomic mass is 16.6. The van der Waals surface area contributed by atoms with Gasteiger partial charge in [-0.05, 0) is 32.6 Å².